The summed E-state index contributed by atoms with van der Waals surface area (Å²) < 4.78 is 10.5. The fourth-order valence-corrected chi connectivity index (χ4v) is 1.78. The number of halogens is 1. The van der Waals surface area contributed by atoms with Crippen molar-refractivity contribution in [1.82, 2.24) is 0 Å². The molecule has 0 fully saturated rings. The van der Waals surface area contributed by atoms with E-state index in [1.54, 1.807) is 43.5 Å². The standard InChI is InChI=1S/C14H15ClN2O3/c1-9(20-8-11-3-2-6-19-11)14(18)17-13-5-4-10(16)7-12(13)15/h2-7,9H,8,16H2,1H3,(H,17,18). The maximum Gasteiger partial charge on any atom is 0.253 e. The van der Waals surface area contributed by atoms with Gasteiger partial charge in [-0.05, 0) is 37.3 Å². The molecule has 0 saturated heterocycles. The number of nitrogen functional groups attached to an aromatic ring is 1. The Hall–Kier alpha value is -1.98. The minimum atomic E-state index is -0.631. The van der Waals surface area contributed by atoms with Gasteiger partial charge in [-0.3, -0.25) is 4.79 Å². The van der Waals surface area contributed by atoms with E-state index >= 15 is 0 Å². The third-order valence-corrected chi connectivity index (χ3v) is 2.99. The van der Waals surface area contributed by atoms with Crippen LogP contribution in [0.4, 0.5) is 11.4 Å². The molecule has 1 atom stereocenters. The molecule has 106 valence electrons. The van der Waals surface area contributed by atoms with E-state index in [2.05, 4.69) is 5.32 Å². The summed E-state index contributed by atoms with van der Waals surface area (Å²) in [6.07, 6.45) is 0.922. The van der Waals surface area contributed by atoms with Crippen molar-refractivity contribution in [2.75, 3.05) is 11.1 Å². The Morgan fingerprint density at radius 3 is 2.95 bits per heavy atom. The van der Waals surface area contributed by atoms with E-state index in [1.807, 2.05) is 0 Å². The van der Waals surface area contributed by atoms with Gasteiger partial charge in [-0.15, -0.1) is 0 Å². The first-order valence-electron chi connectivity index (χ1n) is 6.06. The molecule has 6 heteroatoms. The van der Waals surface area contributed by atoms with Crippen LogP contribution in [0.15, 0.2) is 41.0 Å². The second-order valence-corrected chi connectivity index (χ2v) is 4.67. The molecule has 2 rings (SSSR count). The average Bonchev–Trinajstić information content (AvgIpc) is 2.92. The van der Waals surface area contributed by atoms with E-state index < -0.39 is 6.10 Å². The molecule has 0 aliphatic heterocycles. The van der Waals surface area contributed by atoms with E-state index in [1.165, 1.54) is 0 Å². The van der Waals surface area contributed by atoms with Gasteiger partial charge in [0, 0.05) is 5.69 Å². The number of ether oxygens (including phenoxy) is 1. The number of amides is 1. The van der Waals surface area contributed by atoms with E-state index in [9.17, 15) is 4.79 Å². The zero-order valence-corrected chi connectivity index (χ0v) is 11.7. The number of carbonyl (C=O) groups is 1. The Labute approximate surface area is 121 Å². The molecule has 0 radical (unpaired) electrons. The van der Waals surface area contributed by atoms with Crippen molar-refractivity contribution in [2.45, 2.75) is 19.6 Å². The minimum Gasteiger partial charge on any atom is -0.467 e. The maximum absolute atomic E-state index is 12.0. The number of nitrogens with one attached hydrogen (secondary N) is 1. The molecule has 1 aromatic heterocycles. The lowest BCUT2D eigenvalue weighted by atomic mass is 10.2. The first-order valence-corrected chi connectivity index (χ1v) is 6.44. The smallest absolute Gasteiger partial charge is 0.253 e. The van der Waals surface area contributed by atoms with Gasteiger partial charge in [0.2, 0.25) is 0 Å². The van der Waals surface area contributed by atoms with Gasteiger partial charge in [0.25, 0.3) is 5.91 Å². The Morgan fingerprint density at radius 1 is 1.50 bits per heavy atom. The number of rotatable bonds is 5. The molecule has 0 spiro atoms. The number of hydrogen-bond donors (Lipinski definition) is 2. The topological polar surface area (TPSA) is 77.5 Å². The van der Waals surface area contributed by atoms with Gasteiger partial charge in [0.1, 0.15) is 18.5 Å². The van der Waals surface area contributed by atoms with Crippen LogP contribution < -0.4 is 11.1 Å². The molecule has 0 saturated carbocycles. The summed E-state index contributed by atoms with van der Waals surface area (Å²) in [5, 5.41) is 3.07. The van der Waals surface area contributed by atoms with Gasteiger partial charge < -0.3 is 20.2 Å². The normalized spacial score (nSPS) is 12.1. The first kappa shape index (κ1) is 14.4. The van der Waals surface area contributed by atoms with Crippen LogP contribution in [0.2, 0.25) is 5.02 Å². The molecular weight excluding hydrogens is 280 g/mol. The van der Waals surface area contributed by atoms with Crippen LogP contribution in [0, 0.1) is 0 Å². The lowest BCUT2D eigenvalue weighted by Crippen LogP contribution is -2.27. The fraction of sp³-hybridized carbons (Fsp3) is 0.214. The largest absolute Gasteiger partial charge is 0.467 e. The molecule has 5 nitrogen and oxygen atoms in total. The third kappa shape index (κ3) is 3.76. The van der Waals surface area contributed by atoms with E-state index in [4.69, 9.17) is 26.5 Å². The predicted molar refractivity (Wildman–Crippen MR) is 77.5 cm³/mol. The van der Waals surface area contributed by atoms with Crippen molar-refractivity contribution >= 4 is 28.9 Å². The van der Waals surface area contributed by atoms with Crippen LogP contribution in [0.25, 0.3) is 0 Å². The molecule has 1 amide bonds. The highest BCUT2D eigenvalue weighted by atomic mass is 35.5. The quantitative estimate of drug-likeness (QED) is 0.831. The van der Waals surface area contributed by atoms with E-state index in [-0.39, 0.29) is 12.5 Å². The van der Waals surface area contributed by atoms with Crippen LogP contribution in [0.1, 0.15) is 12.7 Å². The van der Waals surface area contributed by atoms with Gasteiger partial charge in [-0.2, -0.15) is 0 Å². The van der Waals surface area contributed by atoms with Gasteiger partial charge in [-0.1, -0.05) is 11.6 Å². The Kier molecular flexibility index (Phi) is 4.65. The van der Waals surface area contributed by atoms with Crippen LogP contribution in [0.5, 0.6) is 0 Å². The first-order chi connectivity index (χ1) is 9.56. The summed E-state index contributed by atoms with van der Waals surface area (Å²) in [4.78, 5) is 12.0. The second-order valence-electron chi connectivity index (χ2n) is 4.26. The number of nitrogens with two attached hydrogens (primary N) is 1. The van der Waals surface area contributed by atoms with Crippen LogP contribution in [-0.2, 0) is 16.1 Å². The second kappa shape index (κ2) is 6.45. The Balaban J connectivity index is 1.90. The number of anilines is 2. The number of hydrogen-bond acceptors (Lipinski definition) is 4. The molecule has 0 aliphatic rings. The summed E-state index contributed by atoms with van der Waals surface area (Å²) in [6.45, 7) is 1.89. The number of furan rings is 1. The van der Waals surface area contributed by atoms with E-state index in [0.717, 1.165) is 0 Å². The summed E-state index contributed by atoms with van der Waals surface area (Å²) in [5.41, 5.74) is 6.62. The maximum atomic E-state index is 12.0. The predicted octanol–water partition coefficient (Wildman–Crippen LogP) is 3.06. The molecule has 1 heterocycles. The van der Waals surface area contributed by atoms with Crippen molar-refractivity contribution in [1.29, 1.82) is 0 Å². The van der Waals surface area contributed by atoms with Crippen LogP contribution in [-0.4, -0.2) is 12.0 Å². The van der Waals surface area contributed by atoms with Crippen molar-refractivity contribution < 1.29 is 13.9 Å². The lowest BCUT2D eigenvalue weighted by molar-refractivity contribution is -0.127. The average molecular weight is 295 g/mol. The molecule has 1 unspecified atom stereocenters. The minimum absolute atomic E-state index is 0.233. The summed E-state index contributed by atoms with van der Waals surface area (Å²) >= 11 is 5.99. The van der Waals surface area contributed by atoms with Crippen LogP contribution in [0.3, 0.4) is 0 Å². The van der Waals surface area contributed by atoms with Crippen molar-refractivity contribution in [2.24, 2.45) is 0 Å². The number of benzene rings is 1. The highest BCUT2D eigenvalue weighted by Crippen LogP contribution is 2.24. The van der Waals surface area contributed by atoms with Gasteiger partial charge in [0.05, 0.1) is 17.0 Å². The SMILES string of the molecule is CC(OCc1ccco1)C(=O)Nc1ccc(N)cc1Cl. The number of carbonyl (C=O) groups excluding carboxylic acids is 1. The van der Waals surface area contributed by atoms with E-state index in [0.29, 0.717) is 22.2 Å². The lowest BCUT2D eigenvalue weighted by Gasteiger charge is -2.13. The summed E-state index contributed by atoms with van der Waals surface area (Å²) in [5.74, 6) is 0.374. The molecular formula is C14H15ClN2O3. The molecule has 0 aliphatic carbocycles. The highest BCUT2D eigenvalue weighted by molar-refractivity contribution is 6.34. The molecule has 20 heavy (non-hydrogen) atoms. The zero-order valence-electron chi connectivity index (χ0n) is 10.9. The molecule has 2 aromatic rings. The molecule has 3 N–H and O–H groups in total. The van der Waals surface area contributed by atoms with Crippen molar-refractivity contribution in [3.05, 3.63) is 47.4 Å². The Bertz CT molecular complexity index is 584. The van der Waals surface area contributed by atoms with Crippen LogP contribution >= 0.6 is 11.6 Å². The fourth-order valence-electron chi connectivity index (χ4n) is 1.54. The highest BCUT2D eigenvalue weighted by Gasteiger charge is 2.15. The summed E-state index contributed by atoms with van der Waals surface area (Å²) in [7, 11) is 0. The van der Waals surface area contributed by atoms with Crippen molar-refractivity contribution in [3.63, 3.8) is 0 Å². The summed E-state index contributed by atoms with van der Waals surface area (Å²) in [6, 6.07) is 8.43. The van der Waals surface area contributed by atoms with Gasteiger partial charge in [-0.25, -0.2) is 0 Å². The van der Waals surface area contributed by atoms with Gasteiger partial charge >= 0.3 is 0 Å². The third-order valence-electron chi connectivity index (χ3n) is 2.68. The molecule has 0 bridgehead atoms. The monoisotopic (exact) mass is 294 g/mol. The zero-order chi connectivity index (χ0) is 14.5. The van der Waals surface area contributed by atoms with Gasteiger partial charge in [0.15, 0.2) is 0 Å². The molecule has 1 aromatic carbocycles. The Morgan fingerprint density at radius 2 is 2.30 bits per heavy atom. The van der Waals surface area contributed by atoms with Crippen molar-refractivity contribution in [3.8, 4) is 0 Å².